The summed E-state index contributed by atoms with van der Waals surface area (Å²) in [6, 6.07) is 7.04. The second kappa shape index (κ2) is 6.75. The predicted molar refractivity (Wildman–Crippen MR) is 72.8 cm³/mol. The molecule has 0 aliphatic rings. The third-order valence-corrected chi connectivity index (χ3v) is 3.82. The van der Waals surface area contributed by atoms with Gasteiger partial charge in [0.1, 0.15) is 12.4 Å². The summed E-state index contributed by atoms with van der Waals surface area (Å²) in [4.78, 5) is 0.287. The van der Waals surface area contributed by atoms with Gasteiger partial charge in [-0.3, -0.25) is 0 Å². The quantitative estimate of drug-likeness (QED) is 0.769. The average molecular weight is 271 g/mol. The maximum Gasteiger partial charge on any atom is 0.175 e. The lowest BCUT2D eigenvalue weighted by Crippen LogP contribution is -2.29. The van der Waals surface area contributed by atoms with Crippen LogP contribution in [0.2, 0.25) is 0 Å². The van der Waals surface area contributed by atoms with Crippen molar-refractivity contribution in [3.05, 3.63) is 24.3 Å². The Morgan fingerprint density at radius 1 is 1.39 bits per heavy atom. The van der Waals surface area contributed by atoms with E-state index in [9.17, 15) is 8.42 Å². The van der Waals surface area contributed by atoms with Crippen LogP contribution in [0.4, 0.5) is 0 Å². The Balaban J connectivity index is 2.49. The third kappa shape index (κ3) is 5.06. The van der Waals surface area contributed by atoms with E-state index in [4.69, 9.17) is 4.74 Å². The summed E-state index contributed by atoms with van der Waals surface area (Å²) < 4.78 is 28.3. The monoisotopic (exact) mass is 271 g/mol. The van der Waals surface area contributed by atoms with Gasteiger partial charge in [-0.1, -0.05) is 13.0 Å². The molecule has 0 saturated heterocycles. The molecular weight excluding hydrogens is 250 g/mol. The van der Waals surface area contributed by atoms with Crippen molar-refractivity contribution < 1.29 is 13.2 Å². The highest BCUT2D eigenvalue weighted by atomic mass is 32.2. The van der Waals surface area contributed by atoms with Crippen LogP contribution in [0.15, 0.2) is 29.2 Å². The van der Waals surface area contributed by atoms with Crippen LogP contribution in [-0.4, -0.2) is 33.9 Å². The lowest BCUT2D eigenvalue weighted by molar-refractivity contribution is 0.305. The standard InChI is InChI=1S/C13H21NO3S/c1-4-11(2)14-8-9-17-12-6-5-7-13(10-12)18(3,15)16/h5-7,10-11,14H,4,8-9H2,1-3H3. The van der Waals surface area contributed by atoms with Gasteiger partial charge in [-0.05, 0) is 31.5 Å². The van der Waals surface area contributed by atoms with Gasteiger partial charge in [-0.2, -0.15) is 0 Å². The Morgan fingerprint density at radius 3 is 2.72 bits per heavy atom. The fraction of sp³-hybridized carbons (Fsp3) is 0.538. The van der Waals surface area contributed by atoms with Crippen LogP contribution in [0.25, 0.3) is 0 Å². The summed E-state index contributed by atoms with van der Waals surface area (Å²) in [5, 5.41) is 3.30. The zero-order chi connectivity index (χ0) is 13.6. The van der Waals surface area contributed by atoms with E-state index in [2.05, 4.69) is 19.2 Å². The number of hydrogen-bond acceptors (Lipinski definition) is 4. The summed E-state index contributed by atoms with van der Waals surface area (Å²) in [6.07, 6.45) is 2.26. The summed E-state index contributed by atoms with van der Waals surface area (Å²) in [5.41, 5.74) is 0. The number of sulfone groups is 1. The molecule has 0 saturated carbocycles. The minimum absolute atomic E-state index is 0.287. The molecule has 18 heavy (non-hydrogen) atoms. The first-order chi connectivity index (χ1) is 8.43. The maximum absolute atomic E-state index is 11.4. The van der Waals surface area contributed by atoms with Crippen molar-refractivity contribution in [3.8, 4) is 5.75 Å². The molecule has 1 aromatic rings. The molecule has 0 aromatic heterocycles. The highest BCUT2D eigenvalue weighted by Crippen LogP contribution is 2.17. The molecule has 0 aliphatic heterocycles. The molecule has 1 rings (SSSR count). The van der Waals surface area contributed by atoms with Crippen LogP contribution in [0.1, 0.15) is 20.3 Å². The Hall–Kier alpha value is -1.07. The molecule has 102 valence electrons. The Morgan fingerprint density at radius 2 is 2.11 bits per heavy atom. The Bertz CT molecular complexity index is 471. The van der Waals surface area contributed by atoms with Gasteiger partial charge in [-0.25, -0.2) is 8.42 Å². The summed E-state index contributed by atoms with van der Waals surface area (Å²) in [5.74, 6) is 0.587. The van der Waals surface area contributed by atoms with Gasteiger partial charge < -0.3 is 10.1 Å². The van der Waals surface area contributed by atoms with Crippen LogP contribution in [0.3, 0.4) is 0 Å². The third-order valence-electron chi connectivity index (χ3n) is 2.71. The van der Waals surface area contributed by atoms with E-state index in [1.165, 1.54) is 6.26 Å². The molecule has 5 heteroatoms. The number of nitrogens with one attached hydrogen (secondary N) is 1. The predicted octanol–water partition coefficient (Wildman–Crippen LogP) is 1.86. The second-order valence-electron chi connectivity index (χ2n) is 4.36. The first-order valence-electron chi connectivity index (χ1n) is 6.09. The Labute approximate surface area is 109 Å². The summed E-state index contributed by atoms with van der Waals surface area (Å²) in [6.45, 7) is 5.51. The van der Waals surface area contributed by atoms with Crippen molar-refractivity contribution in [3.63, 3.8) is 0 Å². The van der Waals surface area contributed by atoms with Crippen LogP contribution in [0.5, 0.6) is 5.75 Å². The number of rotatable bonds is 7. The fourth-order valence-corrected chi connectivity index (χ4v) is 2.07. The van der Waals surface area contributed by atoms with E-state index in [1.807, 2.05) is 0 Å². The largest absolute Gasteiger partial charge is 0.492 e. The first-order valence-corrected chi connectivity index (χ1v) is 7.99. The number of hydrogen-bond donors (Lipinski definition) is 1. The molecule has 1 atom stereocenters. The van der Waals surface area contributed by atoms with Gasteiger partial charge >= 0.3 is 0 Å². The molecule has 0 fully saturated rings. The van der Waals surface area contributed by atoms with Crippen molar-refractivity contribution >= 4 is 9.84 Å². The molecule has 0 aliphatic carbocycles. The molecule has 0 amide bonds. The van der Waals surface area contributed by atoms with Crippen LogP contribution in [0, 0.1) is 0 Å². The number of benzene rings is 1. The van der Waals surface area contributed by atoms with E-state index < -0.39 is 9.84 Å². The summed E-state index contributed by atoms with van der Waals surface area (Å²) >= 11 is 0. The molecular formula is C13H21NO3S. The highest BCUT2D eigenvalue weighted by molar-refractivity contribution is 7.90. The van der Waals surface area contributed by atoms with Crippen molar-refractivity contribution in [2.24, 2.45) is 0 Å². The van der Waals surface area contributed by atoms with E-state index in [0.717, 1.165) is 13.0 Å². The smallest absolute Gasteiger partial charge is 0.175 e. The highest BCUT2D eigenvalue weighted by Gasteiger charge is 2.07. The second-order valence-corrected chi connectivity index (χ2v) is 6.37. The van der Waals surface area contributed by atoms with E-state index in [0.29, 0.717) is 18.4 Å². The van der Waals surface area contributed by atoms with Gasteiger partial charge in [0.15, 0.2) is 9.84 Å². The number of ether oxygens (including phenoxy) is 1. The zero-order valence-electron chi connectivity index (χ0n) is 11.1. The van der Waals surface area contributed by atoms with Crippen molar-refractivity contribution in [1.82, 2.24) is 5.32 Å². The lowest BCUT2D eigenvalue weighted by atomic mass is 10.3. The molecule has 4 nitrogen and oxygen atoms in total. The van der Waals surface area contributed by atoms with E-state index >= 15 is 0 Å². The SMILES string of the molecule is CCC(C)NCCOc1cccc(S(C)(=O)=O)c1. The van der Waals surface area contributed by atoms with Crippen LogP contribution in [-0.2, 0) is 9.84 Å². The summed E-state index contributed by atoms with van der Waals surface area (Å²) in [7, 11) is -3.17. The van der Waals surface area contributed by atoms with Crippen molar-refractivity contribution in [1.29, 1.82) is 0 Å². The zero-order valence-corrected chi connectivity index (χ0v) is 12.0. The lowest BCUT2D eigenvalue weighted by Gasteiger charge is -2.12. The molecule has 1 aromatic carbocycles. The fourth-order valence-electron chi connectivity index (χ4n) is 1.41. The average Bonchev–Trinajstić information content (AvgIpc) is 2.33. The van der Waals surface area contributed by atoms with Gasteiger partial charge in [-0.15, -0.1) is 0 Å². The molecule has 0 heterocycles. The molecule has 0 spiro atoms. The first kappa shape index (κ1) is 15.0. The Kier molecular flexibility index (Phi) is 5.62. The van der Waals surface area contributed by atoms with Gasteiger partial charge in [0.2, 0.25) is 0 Å². The van der Waals surface area contributed by atoms with Gasteiger partial charge in [0.25, 0.3) is 0 Å². The topological polar surface area (TPSA) is 55.4 Å². The van der Waals surface area contributed by atoms with Crippen molar-refractivity contribution in [2.45, 2.75) is 31.2 Å². The van der Waals surface area contributed by atoms with Gasteiger partial charge in [0.05, 0.1) is 4.90 Å². The normalized spacial score (nSPS) is 13.3. The van der Waals surface area contributed by atoms with Gasteiger partial charge in [0, 0.05) is 18.8 Å². The van der Waals surface area contributed by atoms with Crippen LogP contribution >= 0.6 is 0 Å². The minimum atomic E-state index is -3.17. The minimum Gasteiger partial charge on any atom is -0.492 e. The van der Waals surface area contributed by atoms with E-state index in [-0.39, 0.29) is 4.90 Å². The molecule has 0 bridgehead atoms. The molecule has 1 unspecified atom stereocenters. The van der Waals surface area contributed by atoms with Crippen molar-refractivity contribution in [2.75, 3.05) is 19.4 Å². The molecule has 0 radical (unpaired) electrons. The molecule has 1 N–H and O–H groups in total. The van der Waals surface area contributed by atoms with E-state index in [1.54, 1.807) is 24.3 Å². The van der Waals surface area contributed by atoms with Crippen LogP contribution < -0.4 is 10.1 Å². The maximum atomic E-state index is 11.4.